The van der Waals surface area contributed by atoms with Gasteiger partial charge in [-0.3, -0.25) is 4.90 Å². The van der Waals surface area contributed by atoms with Crippen molar-refractivity contribution in [3.8, 4) is 0 Å². The van der Waals surface area contributed by atoms with Gasteiger partial charge in [-0.2, -0.15) is 0 Å². The van der Waals surface area contributed by atoms with Crippen LogP contribution in [0.5, 0.6) is 0 Å². The van der Waals surface area contributed by atoms with Gasteiger partial charge in [-0.15, -0.1) is 0 Å². The normalized spacial score (nSPS) is 16.6. The smallest absolute Gasteiger partial charge is 0.106 e. The summed E-state index contributed by atoms with van der Waals surface area (Å²) in [4.78, 5) is 5.36. The van der Waals surface area contributed by atoms with Crippen molar-refractivity contribution in [2.45, 2.75) is 13.3 Å². The number of thiocarbonyl (C=S) groups is 1. The summed E-state index contributed by atoms with van der Waals surface area (Å²) >= 11 is 8.68. The van der Waals surface area contributed by atoms with E-state index >= 15 is 0 Å². The van der Waals surface area contributed by atoms with Gasteiger partial charge in [-0.1, -0.05) is 35.1 Å². The third-order valence-electron chi connectivity index (χ3n) is 3.48. The summed E-state index contributed by atoms with van der Waals surface area (Å²) in [6.45, 7) is 7.70. The number of nitrogens with two attached hydrogens (primary N) is 1. The maximum atomic E-state index is 5.83. The quantitative estimate of drug-likeness (QED) is 0.853. The molecule has 0 unspecified atom stereocenters. The first-order valence-electron chi connectivity index (χ1n) is 6.68. The molecule has 1 saturated heterocycles. The van der Waals surface area contributed by atoms with Crippen LogP contribution in [0.15, 0.2) is 22.7 Å². The second kappa shape index (κ2) is 6.68. The summed E-state index contributed by atoms with van der Waals surface area (Å²) in [5.74, 6) is 0. The molecule has 1 heterocycles. The van der Waals surface area contributed by atoms with Crippen LogP contribution in [0.1, 0.15) is 18.9 Å². The van der Waals surface area contributed by atoms with E-state index in [9.17, 15) is 0 Å². The number of benzene rings is 1. The summed E-state index contributed by atoms with van der Waals surface area (Å²) < 4.78 is 1.07. The van der Waals surface area contributed by atoms with Crippen molar-refractivity contribution in [3.05, 3.63) is 28.2 Å². The first kappa shape index (κ1) is 14.8. The predicted molar refractivity (Wildman–Crippen MR) is 89.0 cm³/mol. The lowest BCUT2D eigenvalue weighted by Gasteiger charge is -2.36. The molecule has 1 fully saturated rings. The molecule has 19 heavy (non-hydrogen) atoms. The van der Waals surface area contributed by atoms with Gasteiger partial charge in [-0.05, 0) is 31.2 Å². The van der Waals surface area contributed by atoms with Gasteiger partial charge in [0.25, 0.3) is 0 Å². The second-order valence-electron chi connectivity index (χ2n) is 4.85. The molecule has 3 nitrogen and oxygen atoms in total. The topological polar surface area (TPSA) is 32.5 Å². The largest absolute Gasteiger partial charge is 0.389 e. The van der Waals surface area contributed by atoms with E-state index in [0.717, 1.165) is 41.9 Å². The van der Waals surface area contributed by atoms with E-state index in [1.54, 1.807) is 0 Å². The zero-order valence-electron chi connectivity index (χ0n) is 11.2. The highest BCUT2D eigenvalue weighted by atomic mass is 79.9. The molecule has 1 aromatic carbocycles. The lowest BCUT2D eigenvalue weighted by atomic mass is 10.1. The Labute approximate surface area is 128 Å². The monoisotopic (exact) mass is 341 g/mol. The zero-order chi connectivity index (χ0) is 13.8. The summed E-state index contributed by atoms with van der Waals surface area (Å²) in [7, 11) is 0. The Morgan fingerprint density at radius 1 is 1.32 bits per heavy atom. The molecule has 1 aliphatic heterocycles. The van der Waals surface area contributed by atoms with Crippen LogP contribution in [0.3, 0.4) is 0 Å². The number of nitrogens with zero attached hydrogens (tertiary/aromatic N) is 2. The van der Waals surface area contributed by atoms with Crippen LogP contribution in [0.4, 0.5) is 5.69 Å². The fourth-order valence-electron chi connectivity index (χ4n) is 2.50. The minimum absolute atomic E-state index is 0.471. The van der Waals surface area contributed by atoms with Crippen LogP contribution >= 0.6 is 28.1 Å². The maximum Gasteiger partial charge on any atom is 0.106 e. The Morgan fingerprint density at radius 2 is 2.00 bits per heavy atom. The highest BCUT2D eigenvalue weighted by Crippen LogP contribution is 2.26. The van der Waals surface area contributed by atoms with Crippen LogP contribution in [0, 0.1) is 0 Å². The van der Waals surface area contributed by atoms with Gasteiger partial charge >= 0.3 is 0 Å². The summed E-state index contributed by atoms with van der Waals surface area (Å²) in [6, 6.07) is 6.11. The number of halogens is 1. The second-order valence-corrected chi connectivity index (χ2v) is 6.21. The minimum Gasteiger partial charge on any atom is -0.389 e. The summed E-state index contributed by atoms with van der Waals surface area (Å²) in [6.07, 6.45) is 1.22. The van der Waals surface area contributed by atoms with Crippen molar-refractivity contribution in [2.75, 3.05) is 37.6 Å². The number of piperazine rings is 1. The standard InChI is InChI=1S/C14H20BrN3S/c1-2-5-17-6-8-18(9-7-17)13-10-11(15)3-4-12(13)14(16)19/h3-4,10H,2,5-9H2,1H3,(H2,16,19). The molecule has 5 heteroatoms. The predicted octanol–water partition coefficient (Wildman–Crippen LogP) is 2.62. The molecular formula is C14H20BrN3S. The van der Waals surface area contributed by atoms with Crippen molar-refractivity contribution >= 4 is 38.8 Å². The Kier molecular flexibility index (Phi) is 5.19. The third-order valence-corrected chi connectivity index (χ3v) is 4.19. The molecule has 0 aromatic heterocycles. The van der Waals surface area contributed by atoms with Crippen molar-refractivity contribution in [3.63, 3.8) is 0 Å². The van der Waals surface area contributed by atoms with Gasteiger partial charge in [0.05, 0.1) is 0 Å². The van der Waals surface area contributed by atoms with Gasteiger partial charge in [-0.25, -0.2) is 0 Å². The van der Waals surface area contributed by atoms with Crippen LogP contribution in [-0.4, -0.2) is 42.6 Å². The summed E-state index contributed by atoms with van der Waals surface area (Å²) in [5.41, 5.74) is 7.95. The lowest BCUT2D eigenvalue weighted by Crippen LogP contribution is -2.47. The minimum atomic E-state index is 0.471. The first-order valence-corrected chi connectivity index (χ1v) is 7.88. The van der Waals surface area contributed by atoms with Crippen molar-refractivity contribution in [1.82, 2.24) is 4.90 Å². The molecular weight excluding hydrogens is 322 g/mol. The Hall–Kier alpha value is -0.650. The molecule has 2 rings (SSSR count). The molecule has 1 aliphatic rings. The van der Waals surface area contributed by atoms with Crippen LogP contribution in [-0.2, 0) is 0 Å². The van der Waals surface area contributed by atoms with Gasteiger partial charge in [0.2, 0.25) is 0 Å². The number of hydrogen-bond donors (Lipinski definition) is 1. The van der Waals surface area contributed by atoms with E-state index in [-0.39, 0.29) is 0 Å². The zero-order valence-corrected chi connectivity index (χ0v) is 13.6. The molecule has 104 valence electrons. The molecule has 2 N–H and O–H groups in total. The lowest BCUT2D eigenvalue weighted by molar-refractivity contribution is 0.258. The molecule has 0 aliphatic carbocycles. The van der Waals surface area contributed by atoms with Crippen LogP contribution in [0.2, 0.25) is 0 Å². The Morgan fingerprint density at radius 3 is 2.58 bits per heavy atom. The van der Waals surface area contributed by atoms with E-state index < -0.39 is 0 Å². The Balaban J connectivity index is 2.14. The molecule has 0 amide bonds. The van der Waals surface area contributed by atoms with Crippen LogP contribution in [0.25, 0.3) is 0 Å². The number of anilines is 1. The van der Waals surface area contributed by atoms with Gasteiger partial charge < -0.3 is 10.6 Å². The molecule has 0 radical (unpaired) electrons. The SMILES string of the molecule is CCCN1CCN(c2cc(Br)ccc2C(N)=S)CC1. The highest BCUT2D eigenvalue weighted by Gasteiger charge is 2.19. The fourth-order valence-corrected chi connectivity index (χ4v) is 3.03. The fraction of sp³-hybridized carbons (Fsp3) is 0.500. The molecule has 1 aromatic rings. The van der Waals surface area contributed by atoms with Gasteiger partial charge in [0.1, 0.15) is 4.99 Å². The van der Waals surface area contributed by atoms with E-state index in [2.05, 4.69) is 38.7 Å². The van der Waals surface area contributed by atoms with Gasteiger partial charge in [0.15, 0.2) is 0 Å². The molecule has 0 atom stereocenters. The van der Waals surface area contributed by atoms with E-state index in [1.807, 2.05) is 12.1 Å². The van der Waals surface area contributed by atoms with Crippen molar-refractivity contribution in [2.24, 2.45) is 5.73 Å². The third kappa shape index (κ3) is 3.68. The average Bonchev–Trinajstić information content (AvgIpc) is 2.39. The van der Waals surface area contributed by atoms with E-state index in [1.165, 1.54) is 13.0 Å². The first-order chi connectivity index (χ1) is 9.11. The molecule has 0 bridgehead atoms. The van der Waals surface area contributed by atoms with Crippen molar-refractivity contribution < 1.29 is 0 Å². The molecule has 0 spiro atoms. The van der Waals surface area contributed by atoms with Gasteiger partial charge in [0, 0.05) is 41.9 Å². The highest BCUT2D eigenvalue weighted by molar-refractivity contribution is 9.10. The van der Waals surface area contributed by atoms with E-state index in [0.29, 0.717) is 4.99 Å². The number of rotatable bonds is 4. The van der Waals surface area contributed by atoms with Crippen molar-refractivity contribution in [1.29, 1.82) is 0 Å². The number of hydrogen-bond acceptors (Lipinski definition) is 3. The Bertz CT molecular complexity index is 456. The molecule has 0 saturated carbocycles. The average molecular weight is 342 g/mol. The van der Waals surface area contributed by atoms with Crippen LogP contribution < -0.4 is 10.6 Å². The van der Waals surface area contributed by atoms with E-state index in [4.69, 9.17) is 18.0 Å². The maximum absolute atomic E-state index is 5.83. The summed E-state index contributed by atoms with van der Waals surface area (Å²) in [5, 5.41) is 0.